The Balaban J connectivity index is 1.77. The molecule has 1 aromatic carbocycles. The van der Waals surface area contributed by atoms with Crippen LogP contribution in [0.25, 0.3) is 11.8 Å². The highest BCUT2D eigenvalue weighted by Crippen LogP contribution is 2.09. The van der Waals surface area contributed by atoms with Crippen molar-refractivity contribution in [3.8, 4) is 5.69 Å². The third-order valence-electron chi connectivity index (χ3n) is 3.00. The second-order valence-corrected chi connectivity index (χ2v) is 4.49. The van der Waals surface area contributed by atoms with Crippen LogP contribution in [0.2, 0.25) is 0 Å². The van der Waals surface area contributed by atoms with Gasteiger partial charge in [0.15, 0.2) is 5.78 Å². The topological polar surface area (TPSA) is 47.8 Å². The average molecular weight is 275 g/mol. The van der Waals surface area contributed by atoms with E-state index in [1.165, 1.54) is 6.08 Å². The normalized spacial score (nSPS) is 10.9. The van der Waals surface area contributed by atoms with Gasteiger partial charge in [-0.05, 0) is 35.9 Å². The second-order valence-electron chi connectivity index (χ2n) is 4.49. The van der Waals surface area contributed by atoms with Gasteiger partial charge in [-0.15, -0.1) is 0 Å². The maximum absolute atomic E-state index is 12.1. The number of para-hydroxylation sites is 1. The number of hydrogen-bond acceptors (Lipinski definition) is 3. The van der Waals surface area contributed by atoms with Gasteiger partial charge in [0.05, 0.1) is 17.4 Å². The standard InChI is InChI=1S/C17H13N3O/c21-17(9-8-14-5-4-10-18-11-14)15-12-19-20(13-15)16-6-2-1-3-7-16/h1-13H/b9-8-. The summed E-state index contributed by atoms with van der Waals surface area (Å²) in [6, 6.07) is 13.4. The summed E-state index contributed by atoms with van der Waals surface area (Å²) < 4.78 is 1.69. The highest BCUT2D eigenvalue weighted by molar-refractivity contribution is 6.06. The summed E-state index contributed by atoms with van der Waals surface area (Å²) in [5, 5.41) is 4.21. The summed E-state index contributed by atoms with van der Waals surface area (Å²) >= 11 is 0. The Labute approximate surface area is 122 Å². The third kappa shape index (κ3) is 3.12. The van der Waals surface area contributed by atoms with Crippen LogP contribution in [0.15, 0.2) is 73.3 Å². The molecule has 2 heterocycles. The van der Waals surface area contributed by atoms with Crippen LogP contribution >= 0.6 is 0 Å². The molecule has 0 N–H and O–H groups in total. The van der Waals surface area contributed by atoms with Crippen molar-refractivity contribution in [2.75, 3.05) is 0 Å². The molecule has 21 heavy (non-hydrogen) atoms. The lowest BCUT2D eigenvalue weighted by molar-refractivity contribution is 0.104. The van der Waals surface area contributed by atoms with Gasteiger partial charge >= 0.3 is 0 Å². The summed E-state index contributed by atoms with van der Waals surface area (Å²) in [5.41, 5.74) is 2.37. The minimum absolute atomic E-state index is 0.0824. The Kier molecular flexibility index (Phi) is 3.69. The maximum Gasteiger partial charge on any atom is 0.189 e. The van der Waals surface area contributed by atoms with Crippen molar-refractivity contribution in [3.63, 3.8) is 0 Å². The fourth-order valence-electron chi connectivity index (χ4n) is 1.91. The Hall–Kier alpha value is -3.01. The van der Waals surface area contributed by atoms with Gasteiger partial charge in [0.2, 0.25) is 0 Å². The smallest absolute Gasteiger partial charge is 0.189 e. The van der Waals surface area contributed by atoms with Crippen LogP contribution in [0.1, 0.15) is 15.9 Å². The minimum Gasteiger partial charge on any atom is -0.289 e. The molecule has 4 heteroatoms. The van der Waals surface area contributed by atoms with E-state index >= 15 is 0 Å². The Morgan fingerprint density at radius 2 is 1.90 bits per heavy atom. The van der Waals surface area contributed by atoms with E-state index in [0.717, 1.165) is 11.3 Å². The van der Waals surface area contributed by atoms with Crippen molar-refractivity contribution in [1.29, 1.82) is 0 Å². The largest absolute Gasteiger partial charge is 0.289 e. The van der Waals surface area contributed by atoms with Gasteiger partial charge in [-0.25, -0.2) is 4.68 Å². The lowest BCUT2D eigenvalue weighted by Crippen LogP contribution is -1.94. The molecule has 0 amide bonds. The number of hydrogen-bond donors (Lipinski definition) is 0. The zero-order valence-electron chi connectivity index (χ0n) is 11.3. The van der Waals surface area contributed by atoms with E-state index in [2.05, 4.69) is 10.1 Å². The number of benzene rings is 1. The SMILES string of the molecule is O=C(/C=C\c1cccnc1)c1cnn(-c2ccccc2)c1. The molecular weight excluding hydrogens is 262 g/mol. The zero-order chi connectivity index (χ0) is 14.5. The highest BCUT2D eigenvalue weighted by atomic mass is 16.1. The van der Waals surface area contributed by atoms with Gasteiger partial charge in [0.25, 0.3) is 0 Å². The summed E-state index contributed by atoms with van der Waals surface area (Å²) in [5.74, 6) is -0.0824. The fourth-order valence-corrected chi connectivity index (χ4v) is 1.91. The first-order chi connectivity index (χ1) is 10.3. The van der Waals surface area contributed by atoms with Crippen LogP contribution in [0.4, 0.5) is 0 Å². The molecule has 0 aliphatic carbocycles. The monoisotopic (exact) mass is 275 g/mol. The molecule has 102 valence electrons. The van der Waals surface area contributed by atoms with E-state index in [1.54, 1.807) is 35.5 Å². The van der Waals surface area contributed by atoms with Crippen LogP contribution in [0.3, 0.4) is 0 Å². The highest BCUT2D eigenvalue weighted by Gasteiger charge is 2.06. The van der Waals surface area contributed by atoms with E-state index in [-0.39, 0.29) is 5.78 Å². The third-order valence-corrected chi connectivity index (χ3v) is 3.00. The molecule has 2 aromatic heterocycles. The summed E-state index contributed by atoms with van der Waals surface area (Å²) in [7, 11) is 0. The molecule has 0 unspecified atom stereocenters. The van der Waals surface area contributed by atoms with Gasteiger partial charge in [-0.3, -0.25) is 9.78 Å². The van der Waals surface area contributed by atoms with E-state index in [9.17, 15) is 4.79 Å². The molecule has 0 spiro atoms. The zero-order valence-corrected chi connectivity index (χ0v) is 11.3. The van der Waals surface area contributed by atoms with Crippen LogP contribution in [-0.4, -0.2) is 20.5 Å². The summed E-state index contributed by atoms with van der Waals surface area (Å²) in [6.45, 7) is 0. The van der Waals surface area contributed by atoms with E-state index in [4.69, 9.17) is 0 Å². The van der Waals surface area contributed by atoms with Gasteiger partial charge in [0.1, 0.15) is 0 Å². The first-order valence-corrected chi connectivity index (χ1v) is 6.55. The number of allylic oxidation sites excluding steroid dienone is 1. The molecule has 0 aliphatic rings. The number of pyridine rings is 1. The molecular formula is C17H13N3O. The second kappa shape index (κ2) is 5.96. The Morgan fingerprint density at radius 1 is 1.05 bits per heavy atom. The van der Waals surface area contributed by atoms with Crippen molar-refractivity contribution < 1.29 is 4.79 Å². The molecule has 0 atom stereocenters. The first kappa shape index (κ1) is 13.0. The molecule has 0 saturated carbocycles. The lowest BCUT2D eigenvalue weighted by Gasteiger charge is -1.98. The first-order valence-electron chi connectivity index (χ1n) is 6.55. The lowest BCUT2D eigenvalue weighted by atomic mass is 10.2. The molecule has 4 nitrogen and oxygen atoms in total. The van der Waals surface area contributed by atoms with E-state index < -0.39 is 0 Å². The van der Waals surface area contributed by atoms with Crippen molar-refractivity contribution in [3.05, 3.63) is 84.5 Å². The predicted molar refractivity (Wildman–Crippen MR) is 81.2 cm³/mol. The van der Waals surface area contributed by atoms with Gasteiger partial charge in [-0.2, -0.15) is 5.10 Å². The van der Waals surface area contributed by atoms with E-state index in [1.807, 2.05) is 42.5 Å². The minimum atomic E-state index is -0.0824. The van der Waals surface area contributed by atoms with Crippen LogP contribution < -0.4 is 0 Å². The molecule has 0 saturated heterocycles. The molecule has 0 radical (unpaired) electrons. The fraction of sp³-hybridized carbons (Fsp3) is 0. The molecule has 0 fully saturated rings. The maximum atomic E-state index is 12.1. The van der Waals surface area contributed by atoms with Crippen molar-refractivity contribution in [1.82, 2.24) is 14.8 Å². The Bertz CT molecular complexity index is 761. The van der Waals surface area contributed by atoms with Crippen LogP contribution in [0, 0.1) is 0 Å². The number of rotatable bonds is 4. The number of ketones is 1. The number of aromatic nitrogens is 3. The predicted octanol–water partition coefficient (Wildman–Crippen LogP) is 3.16. The van der Waals surface area contributed by atoms with Crippen LogP contribution in [0.5, 0.6) is 0 Å². The van der Waals surface area contributed by atoms with Gasteiger partial charge in [0, 0.05) is 18.6 Å². The van der Waals surface area contributed by atoms with Crippen molar-refractivity contribution in [2.24, 2.45) is 0 Å². The van der Waals surface area contributed by atoms with Crippen molar-refractivity contribution in [2.45, 2.75) is 0 Å². The number of carbonyl (C=O) groups is 1. The van der Waals surface area contributed by atoms with Crippen LogP contribution in [-0.2, 0) is 0 Å². The summed E-state index contributed by atoms with van der Waals surface area (Å²) in [4.78, 5) is 16.1. The summed E-state index contributed by atoms with van der Waals surface area (Å²) in [6.07, 6.45) is 9.98. The van der Waals surface area contributed by atoms with Gasteiger partial charge in [-0.1, -0.05) is 24.3 Å². The molecule has 3 aromatic rings. The number of carbonyl (C=O) groups excluding carboxylic acids is 1. The Morgan fingerprint density at radius 3 is 2.67 bits per heavy atom. The average Bonchev–Trinajstić information content (AvgIpc) is 3.04. The quantitative estimate of drug-likeness (QED) is 0.543. The van der Waals surface area contributed by atoms with E-state index in [0.29, 0.717) is 5.56 Å². The molecule has 0 aliphatic heterocycles. The van der Waals surface area contributed by atoms with Crippen molar-refractivity contribution >= 4 is 11.9 Å². The number of nitrogens with zero attached hydrogens (tertiary/aromatic N) is 3. The molecule has 0 bridgehead atoms. The molecule has 3 rings (SSSR count). The van der Waals surface area contributed by atoms with Gasteiger partial charge < -0.3 is 0 Å².